The fraction of sp³-hybridized carbons (Fsp3) is 0.500. The van der Waals surface area contributed by atoms with E-state index in [-0.39, 0.29) is 0 Å². The van der Waals surface area contributed by atoms with E-state index in [0.29, 0.717) is 0 Å². The molecule has 18 heavy (non-hydrogen) atoms. The third-order valence-corrected chi connectivity index (χ3v) is 4.27. The van der Waals surface area contributed by atoms with Gasteiger partial charge in [-0.25, -0.2) is 0 Å². The summed E-state index contributed by atoms with van der Waals surface area (Å²) in [5, 5.41) is 4.89. The van der Waals surface area contributed by atoms with Crippen molar-refractivity contribution in [2.24, 2.45) is 13.0 Å². The molecular formula is C16H22N2. The lowest BCUT2D eigenvalue weighted by Gasteiger charge is -2.22. The highest BCUT2D eigenvalue weighted by molar-refractivity contribution is 5.82. The fourth-order valence-electron chi connectivity index (χ4n) is 3.10. The largest absolute Gasteiger partial charge is 0.348 e. The maximum atomic E-state index is 3.50. The second-order valence-corrected chi connectivity index (χ2v) is 5.65. The Kier molecular flexibility index (Phi) is 3.13. The third kappa shape index (κ3) is 2.17. The Balaban J connectivity index is 1.84. The van der Waals surface area contributed by atoms with Gasteiger partial charge in [-0.05, 0) is 69.0 Å². The van der Waals surface area contributed by atoms with E-state index in [1.165, 1.54) is 54.5 Å². The Bertz CT molecular complexity index is 547. The van der Waals surface area contributed by atoms with Gasteiger partial charge in [0.05, 0.1) is 0 Å². The van der Waals surface area contributed by atoms with Gasteiger partial charge >= 0.3 is 0 Å². The van der Waals surface area contributed by atoms with Gasteiger partial charge in [-0.1, -0.05) is 6.07 Å². The second-order valence-electron chi connectivity index (χ2n) is 5.65. The SMILES string of the molecule is Cc1cc2cc(CC3CCCNC3)ccc2n1C. The molecule has 0 bridgehead atoms. The summed E-state index contributed by atoms with van der Waals surface area (Å²) in [6.45, 7) is 4.56. The van der Waals surface area contributed by atoms with Gasteiger partial charge in [0.1, 0.15) is 0 Å². The van der Waals surface area contributed by atoms with Gasteiger partial charge < -0.3 is 9.88 Å². The molecule has 1 unspecified atom stereocenters. The number of rotatable bonds is 2. The zero-order valence-electron chi connectivity index (χ0n) is 11.4. The molecule has 96 valence electrons. The van der Waals surface area contributed by atoms with Crippen molar-refractivity contribution in [2.75, 3.05) is 13.1 Å². The lowest BCUT2D eigenvalue weighted by Crippen LogP contribution is -2.30. The molecule has 0 aliphatic carbocycles. The Morgan fingerprint density at radius 1 is 1.33 bits per heavy atom. The van der Waals surface area contributed by atoms with Crippen LogP contribution in [0.4, 0.5) is 0 Å². The molecule has 1 aromatic heterocycles. The number of aromatic nitrogens is 1. The molecule has 1 saturated heterocycles. The van der Waals surface area contributed by atoms with Crippen LogP contribution in [0.5, 0.6) is 0 Å². The maximum Gasteiger partial charge on any atom is 0.0479 e. The Morgan fingerprint density at radius 3 is 3.00 bits per heavy atom. The molecule has 0 radical (unpaired) electrons. The van der Waals surface area contributed by atoms with Crippen LogP contribution in [0.25, 0.3) is 10.9 Å². The molecule has 1 N–H and O–H groups in total. The number of aryl methyl sites for hydroxylation is 2. The maximum absolute atomic E-state index is 3.50. The molecular weight excluding hydrogens is 220 g/mol. The first kappa shape index (κ1) is 11.8. The van der Waals surface area contributed by atoms with Crippen molar-refractivity contribution in [1.82, 2.24) is 9.88 Å². The Hall–Kier alpha value is -1.28. The van der Waals surface area contributed by atoms with Crippen molar-refractivity contribution < 1.29 is 0 Å². The average molecular weight is 242 g/mol. The first-order valence-electron chi connectivity index (χ1n) is 7.00. The van der Waals surface area contributed by atoms with Crippen molar-refractivity contribution >= 4 is 10.9 Å². The molecule has 0 saturated carbocycles. The van der Waals surface area contributed by atoms with Crippen molar-refractivity contribution in [1.29, 1.82) is 0 Å². The standard InChI is InChI=1S/C16H22N2/c1-12-8-15-10-13(5-6-16(15)18(12)2)9-14-4-3-7-17-11-14/h5-6,8,10,14,17H,3-4,7,9,11H2,1-2H3. The van der Waals surface area contributed by atoms with Gasteiger partial charge in [-0.2, -0.15) is 0 Å². The van der Waals surface area contributed by atoms with E-state index in [1.807, 2.05) is 0 Å². The summed E-state index contributed by atoms with van der Waals surface area (Å²) in [6.07, 6.45) is 3.92. The van der Waals surface area contributed by atoms with Gasteiger partial charge in [-0.3, -0.25) is 0 Å². The molecule has 2 heterocycles. The number of benzene rings is 1. The molecule has 1 aliphatic rings. The van der Waals surface area contributed by atoms with Crippen LogP contribution in [0, 0.1) is 12.8 Å². The fourth-order valence-corrected chi connectivity index (χ4v) is 3.10. The molecule has 3 rings (SSSR count). The van der Waals surface area contributed by atoms with Gasteiger partial charge in [0.15, 0.2) is 0 Å². The van der Waals surface area contributed by atoms with Crippen molar-refractivity contribution in [2.45, 2.75) is 26.2 Å². The zero-order chi connectivity index (χ0) is 12.5. The van der Waals surface area contributed by atoms with Crippen LogP contribution in [0.1, 0.15) is 24.1 Å². The zero-order valence-corrected chi connectivity index (χ0v) is 11.4. The van der Waals surface area contributed by atoms with Gasteiger partial charge in [-0.15, -0.1) is 0 Å². The minimum Gasteiger partial charge on any atom is -0.348 e. The quantitative estimate of drug-likeness (QED) is 0.856. The minimum atomic E-state index is 0.820. The average Bonchev–Trinajstić information content (AvgIpc) is 2.66. The smallest absolute Gasteiger partial charge is 0.0479 e. The van der Waals surface area contributed by atoms with E-state index in [2.05, 4.69) is 48.1 Å². The lowest BCUT2D eigenvalue weighted by molar-refractivity contribution is 0.376. The summed E-state index contributed by atoms with van der Waals surface area (Å²) in [7, 11) is 2.14. The van der Waals surface area contributed by atoms with Gasteiger partial charge in [0.25, 0.3) is 0 Å². The number of hydrogen-bond donors (Lipinski definition) is 1. The van der Waals surface area contributed by atoms with Crippen LogP contribution in [0.3, 0.4) is 0 Å². The van der Waals surface area contributed by atoms with E-state index in [9.17, 15) is 0 Å². The van der Waals surface area contributed by atoms with Crippen LogP contribution >= 0.6 is 0 Å². The second kappa shape index (κ2) is 4.77. The molecule has 1 aliphatic heterocycles. The Morgan fingerprint density at radius 2 is 2.22 bits per heavy atom. The Labute approximate surface area is 109 Å². The normalized spacial score (nSPS) is 20.4. The highest BCUT2D eigenvalue weighted by atomic mass is 14.9. The third-order valence-electron chi connectivity index (χ3n) is 4.27. The summed E-state index contributed by atoms with van der Waals surface area (Å²) in [5.74, 6) is 0.820. The van der Waals surface area contributed by atoms with E-state index in [1.54, 1.807) is 0 Å². The predicted octanol–water partition coefficient (Wildman–Crippen LogP) is 3.03. The van der Waals surface area contributed by atoms with E-state index in [0.717, 1.165) is 5.92 Å². The summed E-state index contributed by atoms with van der Waals surface area (Å²) >= 11 is 0. The van der Waals surface area contributed by atoms with Crippen molar-refractivity contribution in [3.63, 3.8) is 0 Å². The summed E-state index contributed by atoms with van der Waals surface area (Å²) in [4.78, 5) is 0. The van der Waals surface area contributed by atoms with E-state index >= 15 is 0 Å². The van der Waals surface area contributed by atoms with Crippen molar-refractivity contribution in [3.05, 3.63) is 35.5 Å². The van der Waals surface area contributed by atoms with Crippen LogP contribution in [0.15, 0.2) is 24.3 Å². The molecule has 2 nitrogen and oxygen atoms in total. The number of piperidine rings is 1. The topological polar surface area (TPSA) is 17.0 Å². The molecule has 2 heteroatoms. The van der Waals surface area contributed by atoms with Crippen LogP contribution in [-0.4, -0.2) is 17.7 Å². The minimum absolute atomic E-state index is 0.820. The molecule has 2 aromatic rings. The van der Waals surface area contributed by atoms with Gasteiger partial charge in [0.2, 0.25) is 0 Å². The van der Waals surface area contributed by atoms with E-state index < -0.39 is 0 Å². The molecule has 1 aromatic carbocycles. The highest BCUT2D eigenvalue weighted by Gasteiger charge is 2.13. The van der Waals surface area contributed by atoms with Gasteiger partial charge in [0, 0.05) is 23.6 Å². The molecule has 1 atom stereocenters. The predicted molar refractivity (Wildman–Crippen MR) is 77.0 cm³/mol. The van der Waals surface area contributed by atoms with Crippen LogP contribution in [0.2, 0.25) is 0 Å². The summed E-state index contributed by atoms with van der Waals surface area (Å²) < 4.78 is 2.27. The molecule has 0 amide bonds. The number of hydrogen-bond acceptors (Lipinski definition) is 1. The number of nitrogens with zero attached hydrogens (tertiary/aromatic N) is 1. The monoisotopic (exact) mass is 242 g/mol. The number of nitrogens with one attached hydrogen (secondary N) is 1. The number of fused-ring (bicyclic) bond motifs is 1. The molecule has 0 spiro atoms. The lowest BCUT2D eigenvalue weighted by atomic mass is 9.92. The highest BCUT2D eigenvalue weighted by Crippen LogP contribution is 2.23. The first-order chi connectivity index (χ1) is 8.74. The van der Waals surface area contributed by atoms with Crippen LogP contribution in [-0.2, 0) is 13.5 Å². The first-order valence-corrected chi connectivity index (χ1v) is 7.00. The van der Waals surface area contributed by atoms with Crippen LogP contribution < -0.4 is 5.32 Å². The summed E-state index contributed by atoms with van der Waals surface area (Å²) in [5.41, 5.74) is 4.17. The van der Waals surface area contributed by atoms with Crippen molar-refractivity contribution in [3.8, 4) is 0 Å². The van der Waals surface area contributed by atoms with E-state index in [4.69, 9.17) is 0 Å². The molecule has 1 fully saturated rings. The summed E-state index contributed by atoms with van der Waals surface area (Å²) in [6, 6.07) is 9.24.